The van der Waals surface area contributed by atoms with Gasteiger partial charge in [0.25, 0.3) is 0 Å². The highest BCUT2D eigenvalue weighted by Gasteiger charge is 2.14. The molecule has 0 N–H and O–H groups in total. The number of Topliss-reactive ketones (excluding diaryl/α,β-unsaturated/α-hetero) is 1. The van der Waals surface area contributed by atoms with E-state index in [9.17, 15) is 9.59 Å². The maximum absolute atomic E-state index is 11.6. The second-order valence-corrected chi connectivity index (χ2v) is 2.99. The fourth-order valence-electron chi connectivity index (χ4n) is 1.11. The third kappa shape index (κ3) is 3.12. The molecule has 0 aromatic carbocycles. The van der Waals surface area contributed by atoms with Crippen molar-refractivity contribution >= 4 is 11.8 Å². The van der Waals surface area contributed by atoms with E-state index in [0.29, 0.717) is 11.1 Å². The molecule has 0 spiro atoms. The van der Waals surface area contributed by atoms with E-state index in [-0.39, 0.29) is 18.8 Å². The van der Waals surface area contributed by atoms with Gasteiger partial charge < -0.3 is 4.74 Å². The van der Waals surface area contributed by atoms with Crippen LogP contribution in [0.15, 0.2) is 12.4 Å². The Hall–Kier alpha value is -1.78. The van der Waals surface area contributed by atoms with Crippen molar-refractivity contribution in [2.75, 3.05) is 6.61 Å². The predicted octanol–water partition coefficient (Wildman–Crippen LogP) is 0.921. The van der Waals surface area contributed by atoms with Gasteiger partial charge in [-0.3, -0.25) is 9.59 Å². The maximum Gasteiger partial charge on any atom is 0.313 e. The molecule has 5 heteroatoms. The maximum atomic E-state index is 11.6. The second kappa shape index (κ2) is 5.19. The van der Waals surface area contributed by atoms with Gasteiger partial charge >= 0.3 is 5.97 Å². The summed E-state index contributed by atoms with van der Waals surface area (Å²) in [6.45, 7) is 3.72. The third-order valence-corrected chi connectivity index (χ3v) is 1.84. The Bertz CT molecular complexity index is 377. The van der Waals surface area contributed by atoms with Crippen LogP contribution in [0.4, 0.5) is 0 Å². The average molecular weight is 208 g/mol. The minimum Gasteiger partial charge on any atom is -0.466 e. The first-order valence-corrected chi connectivity index (χ1v) is 4.61. The SMILES string of the molecule is CCOC(=O)CC(=O)c1cnncc1C. The lowest BCUT2D eigenvalue weighted by Crippen LogP contribution is -2.12. The number of rotatable bonds is 4. The Labute approximate surface area is 87.5 Å². The molecule has 5 nitrogen and oxygen atoms in total. The van der Waals surface area contributed by atoms with E-state index in [0.717, 1.165) is 0 Å². The summed E-state index contributed by atoms with van der Waals surface area (Å²) in [5.41, 5.74) is 1.12. The summed E-state index contributed by atoms with van der Waals surface area (Å²) in [6.07, 6.45) is 2.59. The monoisotopic (exact) mass is 208 g/mol. The van der Waals surface area contributed by atoms with Gasteiger partial charge in [-0.25, -0.2) is 0 Å². The van der Waals surface area contributed by atoms with Crippen LogP contribution in [0.1, 0.15) is 29.3 Å². The van der Waals surface area contributed by atoms with Crippen molar-refractivity contribution in [1.29, 1.82) is 0 Å². The molecule has 80 valence electrons. The highest BCUT2D eigenvalue weighted by atomic mass is 16.5. The first kappa shape index (κ1) is 11.3. The van der Waals surface area contributed by atoms with Gasteiger partial charge in [-0.2, -0.15) is 10.2 Å². The van der Waals surface area contributed by atoms with Crippen LogP contribution in [0.3, 0.4) is 0 Å². The molecular weight excluding hydrogens is 196 g/mol. The highest BCUT2D eigenvalue weighted by molar-refractivity contribution is 6.06. The molecule has 0 amide bonds. The smallest absolute Gasteiger partial charge is 0.313 e. The van der Waals surface area contributed by atoms with E-state index < -0.39 is 5.97 Å². The van der Waals surface area contributed by atoms with Crippen molar-refractivity contribution < 1.29 is 14.3 Å². The number of carbonyl (C=O) groups is 2. The molecule has 0 saturated heterocycles. The summed E-state index contributed by atoms with van der Waals surface area (Å²) in [7, 11) is 0. The van der Waals surface area contributed by atoms with Crippen molar-refractivity contribution in [3.05, 3.63) is 23.5 Å². The number of aromatic nitrogens is 2. The van der Waals surface area contributed by atoms with E-state index in [1.807, 2.05) is 0 Å². The molecule has 0 saturated carbocycles. The number of hydrogen-bond donors (Lipinski definition) is 0. The molecule has 1 rings (SSSR count). The molecule has 1 heterocycles. The summed E-state index contributed by atoms with van der Waals surface area (Å²) in [4.78, 5) is 22.6. The molecule has 1 aromatic heterocycles. The van der Waals surface area contributed by atoms with Crippen molar-refractivity contribution in [3.8, 4) is 0 Å². The molecule has 0 bridgehead atoms. The molecule has 0 radical (unpaired) electrons. The lowest BCUT2D eigenvalue weighted by Gasteiger charge is -2.02. The molecule has 0 aliphatic carbocycles. The van der Waals surface area contributed by atoms with Crippen LogP contribution in [-0.4, -0.2) is 28.6 Å². The summed E-state index contributed by atoms with van der Waals surface area (Å²) in [6, 6.07) is 0. The summed E-state index contributed by atoms with van der Waals surface area (Å²) in [5, 5.41) is 7.22. The Morgan fingerprint density at radius 2 is 2.00 bits per heavy atom. The summed E-state index contributed by atoms with van der Waals surface area (Å²) in [5.74, 6) is -0.806. The number of esters is 1. The lowest BCUT2D eigenvalue weighted by molar-refractivity contribution is -0.141. The largest absolute Gasteiger partial charge is 0.466 e. The van der Waals surface area contributed by atoms with Crippen LogP contribution in [0.2, 0.25) is 0 Å². The zero-order valence-corrected chi connectivity index (χ0v) is 8.69. The van der Waals surface area contributed by atoms with Gasteiger partial charge in [-0.05, 0) is 19.4 Å². The number of ether oxygens (including phenoxy) is 1. The number of carbonyl (C=O) groups excluding carboxylic acids is 2. The molecule has 0 aliphatic heterocycles. The molecule has 0 unspecified atom stereocenters. The van der Waals surface area contributed by atoms with Gasteiger partial charge in [0.15, 0.2) is 5.78 Å². The highest BCUT2D eigenvalue weighted by Crippen LogP contribution is 2.07. The van der Waals surface area contributed by atoms with Gasteiger partial charge in [0.1, 0.15) is 6.42 Å². The summed E-state index contributed by atoms with van der Waals surface area (Å²) >= 11 is 0. The Kier molecular flexibility index (Phi) is 3.91. The quantitative estimate of drug-likeness (QED) is 0.418. The Balaban J connectivity index is 2.70. The standard InChI is InChI=1S/C10H12N2O3/c1-3-15-10(14)4-9(13)8-6-12-11-5-7(8)2/h5-6H,3-4H2,1-2H3. The zero-order valence-electron chi connectivity index (χ0n) is 8.69. The Morgan fingerprint density at radius 3 is 2.60 bits per heavy atom. The van der Waals surface area contributed by atoms with Crippen LogP contribution in [-0.2, 0) is 9.53 Å². The van der Waals surface area contributed by atoms with Crippen LogP contribution >= 0.6 is 0 Å². The van der Waals surface area contributed by atoms with E-state index in [2.05, 4.69) is 14.9 Å². The van der Waals surface area contributed by atoms with E-state index in [4.69, 9.17) is 0 Å². The fourth-order valence-corrected chi connectivity index (χ4v) is 1.11. The molecule has 15 heavy (non-hydrogen) atoms. The van der Waals surface area contributed by atoms with Gasteiger partial charge in [0.05, 0.1) is 19.0 Å². The van der Waals surface area contributed by atoms with Crippen molar-refractivity contribution in [2.45, 2.75) is 20.3 Å². The first-order chi connectivity index (χ1) is 7.15. The van der Waals surface area contributed by atoms with Gasteiger partial charge in [0, 0.05) is 5.56 Å². The molecule has 1 aromatic rings. The second-order valence-electron chi connectivity index (χ2n) is 2.99. The molecule has 0 fully saturated rings. The number of nitrogens with zero attached hydrogens (tertiary/aromatic N) is 2. The number of aryl methyl sites for hydroxylation is 1. The third-order valence-electron chi connectivity index (χ3n) is 1.84. The van der Waals surface area contributed by atoms with E-state index in [1.165, 1.54) is 12.4 Å². The average Bonchev–Trinajstić information content (AvgIpc) is 2.18. The van der Waals surface area contributed by atoms with Gasteiger partial charge in [-0.15, -0.1) is 0 Å². The van der Waals surface area contributed by atoms with Crippen LogP contribution in [0.25, 0.3) is 0 Å². The normalized spacial score (nSPS) is 9.73. The van der Waals surface area contributed by atoms with Crippen molar-refractivity contribution in [2.24, 2.45) is 0 Å². The Morgan fingerprint density at radius 1 is 1.33 bits per heavy atom. The van der Waals surface area contributed by atoms with Gasteiger partial charge in [-0.1, -0.05) is 0 Å². The first-order valence-electron chi connectivity index (χ1n) is 4.61. The van der Waals surface area contributed by atoms with Crippen LogP contribution in [0.5, 0.6) is 0 Å². The zero-order chi connectivity index (χ0) is 11.3. The predicted molar refractivity (Wildman–Crippen MR) is 52.3 cm³/mol. The minimum absolute atomic E-state index is 0.250. The molecule has 0 atom stereocenters. The van der Waals surface area contributed by atoms with E-state index >= 15 is 0 Å². The summed E-state index contributed by atoms with van der Waals surface area (Å²) < 4.78 is 4.68. The van der Waals surface area contributed by atoms with Crippen LogP contribution in [0, 0.1) is 6.92 Å². The molecule has 0 aliphatic rings. The molecular formula is C10H12N2O3. The fraction of sp³-hybridized carbons (Fsp3) is 0.400. The number of hydrogen-bond acceptors (Lipinski definition) is 5. The lowest BCUT2D eigenvalue weighted by atomic mass is 10.1. The van der Waals surface area contributed by atoms with Crippen molar-refractivity contribution in [1.82, 2.24) is 10.2 Å². The van der Waals surface area contributed by atoms with Crippen LogP contribution < -0.4 is 0 Å². The van der Waals surface area contributed by atoms with Gasteiger partial charge in [0.2, 0.25) is 0 Å². The minimum atomic E-state index is -0.515. The topological polar surface area (TPSA) is 69.2 Å². The number of ketones is 1. The van der Waals surface area contributed by atoms with E-state index in [1.54, 1.807) is 13.8 Å². The van der Waals surface area contributed by atoms with Crippen molar-refractivity contribution in [3.63, 3.8) is 0 Å².